The lowest BCUT2D eigenvalue weighted by Crippen LogP contribution is -2.52. The molecule has 31 heavy (non-hydrogen) atoms. The number of para-hydroxylation sites is 1. The van der Waals surface area contributed by atoms with Crippen LogP contribution in [0.5, 0.6) is 0 Å². The number of rotatable bonds is 7. The Morgan fingerprint density at radius 1 is 0.968 bits per heavy atom. The highest BCUT2D eigenvalue weighted by molar-refractivity contribution is 7.89. The number of hydrogen-bond acceptors (Lipinski definition) is 5. The number of nitrogens with one attached hydrogen (secondary N) is 2. The Kier molecular flexibility index (Phi) is 7.59. The molecular formula is C22H29ClN4O3S. The van der Waals surface area contributed by atoms with Gasteiger partial charge in [0.25, 0.3) is 0 Å². The van der Waals surface area contributed by atoms with Gasteiger partial charge in [0, 0.05) is 37.9 Å². The fourth-order valence-corrected chi connectivity index (χ4v) is 5.07. The van der Waals surface area contributed by atoms with E-state index in [1.807, 2.05) is 31.2 Å². The average Bonchev–Trinajstić information content (AvgIpc) is 2.73. The Labute approximate surface area is 189 Å². The molecule has 0 aliphatic carbocycles. The first-order chi connectivity index (χ1) is 14.7. The summed E-state index contributed by atoms with van der Waals surface area (Å²) in [5, 5.41) is 3.61. The molecular weight excluding hydrogens is 436 g/mol. The SMILES string of the molecule is CC(C)NS(=O)(=O)c1ccc(NC(=O)C(C)N2CCN(c3ccccc3Cl)CC2)cc1. The molecule has 9 heteroatoms. The Morgan fingerprint density at radius 2 is 1.58 bits per heavy atom. The first-order valence-corrected chi connectivity index (χ1v) is 12.2. The summed E-state index contributed by atoms with van der Waals surface area (Å²) in [6, 6.07) is 13.5. The molecule has 2 N–H and O–H groups in total. The van der Waals surface area contributed by atoms with Crippen molar-refractivity contribution in [2.45, 2.75) is 37.8 Å². The van der Waals surface area contributed by atoms with E-state index in [-0.39, 0.29) is 22.9 Å². The van der Waals surface area contributed by atoms with Gasteiger partial charge in [-0.15, -0.1) is 0 Å². The predicted molar refractivity (Wildman–Crippen MR) is 125 cm³/mol. The fraction of sp³-hybridized carbons (Fsp3) is 0.409. The number of hydrogen-bond donors (Lipinski definition) is 2. The summed E-state index contributed by atoms with van der Waals surface area (Å²) in [5.74, 6) is -0.123. The third kappa shape index (κ3) is 5.98. The van der Waals surface area contributed by atoms with Crippen molar-refractivity contribution in [2.75, 3.05) is 36.4 Å². The van der Waals surface area contributed by atoms with Gasteiger partial charge in [0.1, 0.15) is 0 Å². The molecule has 0 saturated carbocycles. The number of anilines is 2. The molecule has 1 unspecified atom stereocenters. The minimum Gasteiger partial charge on any atom is -0.368 e. The van der Waals surface area contributed by atoms with Gasteiger partial charge in [0.15, 0.2) is 0 Å². The number of nitrogens with zero attached hydrogens (tertiary/aromatic N) is 2. The van der Waals surface area contributed by atoms with E-state index in [1.54, 1.807) is 26.0 Å². The molecule has 0 aromatic heterocycles. The number of carbonyl (C=O) groups excluding carboxylic acids is 1. The highest BCUT2D eigenvalue weighted by Gasteiger charge is 2.26. The first-order valence-electron chi connectivity index (χ1n) is 10.3. The van der Waals surface area contributed by atoms with Crippen molar-refractivity contribution in [3.05, 3.63) is 53.6 Å². The Balaban J connectivity index is 1.56. The molecule has 1 heterocycles. The first kappa shape index (κ1) is 23.5. The van der Waals surface area contributed by atoms with Crippen molar-refractivity contribution < 1.29 is 13.2 Å². The van der Waals surface area contributed by atoms with Crippen molar-refractivity contribution in [1.29, 1.82) is 0 Å². The molecule has 1 fully saturated rings. The molecule has 2 aromatic rings. The Hall–Kier alpha value is -2.13. The largest absolute Gasteiger partial charge is 0.368 e. The zero-order chi connectivity index (χ0) is 22.6. The third-order valence-corrected chi connectivity index (χ3v) is 7.25. The third-order valence-electron chi connectivity index (χ3n) is 5.26. The molecule has 1 amide bonds. The number of amides is 1. The van der Waals surface area contributed by atoms with Crippen molar-refractivity contribution in [3.63, 3.8) is 0 Å². The summed E-state index contributed by atoms with van der Waals surface area (Å²) in [6.07, 6.45) is 0. The normalized spacial score (nSPS) is 16.4. The second kappa shape index (κ2) is 9.99. The van der Waals surface area contributed by atoms with Crippen LogP contribution in [-0.2, 0) is 14.8 Å². The van der Waals surface area contributed by atoms with Crippen LogP contribution in [-0.4, -0.2) is 57.5 Å². The van der Waals surface area contributed by atoms with E-state index in [4.69, 9.17) is 11.6 Å². The summed E-state index contributed by atoms with van der Waals surface area (Å²) in [5.41, 5.74) is 1.58. The maximum Gasteiger partial charge on any atom is 0.241 e. The quantitative estimate of drug-likeness (QED) is 0.657. The zero-order valence-corrected chi connectivity index (χ0v) is 19.6. The van der Waals surface area contributed by atoms with Crippen LogP contribution in [0, 0.1) is 0 Å². The lowest BCUT2D eigenvalue weighted by atomic mass is 10.2. The van der Waals surface area contributed by atoms with Crippen molar-refractivity contribution in [2.24, 2.45) is 0 Å². The van der Waals surface area contributed by atoms with Crippen LogP contribution in [0.4, 0.5) is 11.4 Å². The molecule has 0 bridgehead atoms. The van der Waals surface area contributed by atoms with Crippen molar-refractivity contribution in [1.82, 2.24) is 9.62 Å². The van der Waals surface area contributed by atoms with Crippen LogP contribution in [0.1, 0.15) is 20.8 Å². The summed E-state index contributed by atoms with van der Waals surface area (Å²) in [6.45, 7) is 8.48. The lowest BCUT2D eigenvalue weighted by Gasteiger charge is -2.38. The molecule has 7 nitrogen and oxygen atoms in total. The maximum absolute atomic E-state index is 12.7. The molecule has 1 saturated heterocycles. The van der Waals surface area contributed by atoms with Gasteiger partial charge in [0.2, 0.25) is 15.9 Å². The van der Waals surface area contributed by atoms with Gasteiger partial charge in [-0.3, -0.25) is 9.69 Å². The van der Waals surface area contributed by atoms with Crippen LogP contribution >= 0.6 is 11.6 Å². The second-order valence-corrected chi connectivity index (χ2v) is 10.1. The second-order valence-electron chi connectivity index (χ2n) is 7.94. The van der Waals surface area contributed by atoms with E-state index in [0.29, 0.717) is 5.69 Å². The van der Waals surface area contributed by atoms with Crippen LogP contribution in [0.2, 0.25) is 5.02 Å². The van der Waals surface area contributed by atoms with Gasteiger partial charge in [0.05, 0.1) is 21.6 Å². The van der Waals surface area contributed by atoms with Gasteiger partial charge in [-0.2, -0.15) is 0 Å². The molecule has 1 atom stereocenters. The topological polar surface area (TPSA) is 81.8 Å². The molecule has 1 aliphatic rings. The highest BCUT2D eigenvalue weighted by atomic mass is 35.5. The fourth-order valence-electron chi connectivity index (χ4n) is 3.57. The molecule has 2 aromatic carbocycles. The van der Waals surface area contributed by atoms with Crippen LogP contribution in [0.15, 0.2) is 53.4 Å². The number of piperazine rings is 1. The summed E-state index contributed by atoms with van der Waals surface area (Å²) in [4.78, 5) is 17.3. The van der Waals surface area contributed by atoms with E-state index in [9.17, 15) is 13.2 Å². The van der Waals surface area contributed by atoms with E-state index < -0.39 is 10.0 Å². The number of carbonyl (C=O) groups is 1. The Morgan fingerprint density at radius 3 is 2.16 bits per heavy atom. The van der Waals surface area contributed by atoms with Crippen LogP contribution in [0.25, 0.3) is 0 Å². The summed E-state index contributed by atoms with van der Waals surface area (Å²) >= 11 is 6.30. The standard InChI is InChI=1S/C22H29ClN4O3S/c1-16(2)25-31(29,30)19-10-8-18(9-11-19)24-22(28)17(3)26-12-14-27(15-13-26)21-7-5-4-6-20(21)23/h4-11,16-17,25H,12-15H2,1-3H3,(H,24,28). The molecule has 3 rings (SSSR count). The number of sulfonamides is 1. The van der Waals surface area contributed by atoms with Crippen molar-refractivity contribution in [3.8, 4) is 0 Å². The molecule has 0 radical (unpaired) electrons. The van der Waals surface area contributed by atoms with E-state index in [1.165, 1.54) is 12.1 Å². The maximum atomic E-state index is 12.7. The van der Waals surface area contributed by atoms with Gasteiger partial charge < -0.3 is 10.2 Å². The van der Waals surface area contributed by atoms with E-state index >= 15 is 0 Å². The molecule has 168 valence electrons. The monoisotopic (exact) mass is 464 g/mol. The molecule has 0 spiro atoms. The minimum absolute atomic E-state index is 0.123. The van der Waals surface area contributed by atoms with Gasteiger partial charge in [-0.1, -0.05) is 23.7 Å². The highest BCUT2D eigenvalue weighted by Crippen LogP contribution is 2.26. The lowest BCUT2D eigenvalue weighted by molar-refractivity contribution is -0.120. The number of halogens is 1. The van der Waals surface area contributed by atoms with Gasteiger partial charge in [-0.25, -0.2) is 13.1 Å². The van der Waals surface area contributed by atoms with Crippen molar-refractivity contribution >= 4 is 38.9 Å². The van der Waals surface area contributed by atoms with Crippen LogP contribution in [0.3, 0.4) is 0 Å². The summed E-state index contributed by atoms with van der Waals surface area (Å²) < 4.78 is 27.0. The summed E-state index contributed by atoms with van der Waals surface area (Å²) in [7, 11) is -3.55. The van der Waals surface area contributed by atoms with Crippen LogP contribution < -0.4 is 14.9 Å². The Bertz CT molecular complexity index is 1000. The van der Waals surface area contributed by atoms with Gasteiger partial charge >= 0.3 is 0 Å². The smallest absolute Gasteiger partial charge is 0.241 e. The molecule has 1 aliphatic heterocycles. The average molecular weight is 465 g/mol. The predicted octanol–water partition coefficient (Wildman–Crippen LogP) is 3.18. The van der Waals surface area contributed by atoms with Gasteiger partial charge in [-0.05, 0) is 57.2 Å². The van der Waals surface area contributed by atoms with E-state index in [2.05, 4.69) is 19.8 Å². The number of benzene rings is 2. The zero-order valence-electron chi connectivity index (χ0n) is 18.0. The van der Waals surface area contributed by atoms with E-state index in [0.717, 1.165) is 36.9 Å². The minimum atomic E-state index is -3.55.